The third-order valence-corrected chi connectivity index (χ3v) is 5.67. The number of carbonyl (C=O) groups excluding carboxylic acids is 1. The number of amides is 2. The molecule has 6 nitrogen and oxygen atoms in total. The van der Waals surface area contributed by atoms with Gasteiger partial charge < -0.3 is 5.32 Å². The highest BCUT2D eigenvalue weighted by atomic mass is 35.5. The van der Waals surface area contributed by atoms with E-state index in [1.54, 1.807) is 34.2 Å². The second-order valence-corrected chi connectivity index (χ2v) is 7.96. The Bertz CT molecular complexity index is 1260. The van der Waals surface area contributed by atoms with Gasteiger partial charge in [0.05, 0.1) is 28.0 Å². The van der Waals surface area contributed by atoms with Gasteiger partial charge in [0.2, 0.25) is 5.95 Å². The van der Waals surface area contributed by atoms with Crippen LogP contribution in [0.1, 0.15) is 5.56 Å². The zero-order chi connectivity index (χ0) is 22.1. The molecule has 0 radical (unpaired) electrons. The van der Waals surface area contributed by atoms with E-state index < -0.39 is 0 Å². The van der Waals surface area contributed by atoms with Crippen LogP contribution < -0.4 is 15.1 Å². The Morgan fingerprint density at radius 1 is 0.844 bits per heavy atom. The number of anilines is 5. The molecule has 1 aliphatic rings. The summed E-state index contributed by atoms with van der Waals surface area (Å²) < 4.78 is 0. The monoisotopic (exact) mass is 461 g/mol. The van der Waals surface area contributed by atoms with Gasteiger partial charge in [-0.25, -0.2) is 14.7 Å². The number of urea groups is 1. The molecule has 2 heterocycles. The van der Waals surface area contributed by atoms with Crippen molar-refractivity contribution >= 4 is 58.1 Å². The first-order chi connectivity index (χ1) is 15.6. The molecule has 4 aromatic rings. The van der Waals surface area contributed by atoms with Gasteiger partial charge in [0, 0.05) is 17.4 Å². The number of benzene rings is 3. The number of hydrogen-bond acceptors (Lipinski definition) is 4. The molecule has 0 spiro atoms. The van der Waals surface area contributed by atoms with E-state index in [-0.39, 0.29) is 12.6 Å². The molecule has 0 bridgehead atoms. The van der Waals surface area contributed by atoms with Crippen LogP contribution in [0.5, 0.6) is 0 Å². The van der Waals surface area contributed by atoms with Gasteiger partial charge in [0.25, 0.3) is 0 Å². The van der Waals surface area contributed by atoms with Crippen molar-refractivity contribution in [1.82, 2.24) is 9.97 Å². The third kappa shape index (κ3) is 3.75. The first kappa shape index (κ1) is 20.3. The molecule has 1 N–H and O–H groups in total. The smallest absolute Gasteiger partial charge is 0.324 e. The lowest BCUT2D eigenvalue weighted by Crippen LogP contribution is -2.45. The number of fused-ring (bicyclic) bond motifs is 1. The second kappa shape index (κ2) is 8.49. The van der Waals surface area contributed by atoms with Gasteiger partial charge in [-0.15, -0.1) is 0 Å². The normalized spacial score (nSPS) is 13.1. The van der Waals surface area contributed by atoms with Crippen molar-refractivity contribution in [2.45, 2.75) is 6.54 Å². The Balaban J connectivity index is 1.62. The fourth-order valence-electron chi connectivity index (χ4n) is 3.59. The van der Waals surface area contributed by atoms with E-state index in [1.165, 1.54) is 0 Å². The zero-order valence-electron chi connectivity index (χ0n) is 16.7. The van der Waals surface area contributed by atoms with Gasteiger partial charge in [0.15, 0.2) is 5.82 Å². The molecule has 158 valence electrons. The van der Waals surface area contributed by atoms with Crippen LogP contribution in [-0.4, -0.2) is 16.0 Å². The average molecular weight is 462 g/mol. The lowest BCUT2D eigenvalue weighted by Gasteiger charge is -2.36. The minimum Gasteiger partial charge on any atom is -0.324 e. The predicted molar refractivity (Wildman–Crippen MR) is 128 cm³/mol. The fourth-order valence-corrected chi connectivity index (χ4v) is 4.20. The molecular weight excluding hydrogens is 445 g/mol. The number of nitrogens with one attached hydrogen (secondary N) is 1. The molecule has 1 aliphatic heterocycles. The van der Waals surface area contributed by atoms with E-state index in [2.05, 4.69) is 15.3 Å². The van der Waals surface area contributed by atoms with Gasteiger partial charge in [-0.3, -0.25) is 4.90 Å². The summed E-state index contributed by atoms with van der Waals surface area (Å²) in [6.07, 6.45) is 1.72. The van der Waals surface area contributed by atoms with Crippen LogP contribution in [-0.2, 0) is 6.54 Å². The van der Waals surface area contributed by atoms with E-state index in [9.17, 15) is 4.79 Å². The third-order valence-electron chi connectivity index (χ3n) is 5.06. The van der Waals surface area contributed by atoms with Crippen molar-refractivity contribution in [2.24, 2.45) is 0 Å². The number of rotatable bonds is 4. The van der Waals surface area contributed by atoms with E-state index in [4.69, 9.17) is 23.2 Å². The number of para-hydroxylation sites is 3. The molecule has 0 atom stereocenters. The highest BCUT2D eigenvalue weighted by molar-refractivity contribution is 6.40. The van der Waals surface area contributed by atoms with Crippen molar-refractivity contribution < 1.29 is 4.79 Å². The summed E-state index contributed by atoms with van der Waals surface area (Å²) in [4.78, 5) is 26.0. The van der Waals surface area contributed by atoms with E-state index in [1.807, 2.05) is 60.7 Å². The van der Waals surface area contributed by atoms with Gasteiger partial charge in [0.1, 0.15) is 0 Å². The Morgan fingerprint density at radius 2 is 1.50 bits per heavy atom. The van der Waals surface area contributed by atoms with Crippen LogP contribution in [0.2, 0.25) is 10.0 Å². The summed E-state index contributed by atoms with van der Waals surface area (Å²) in [5, 5.41) is 3.97. The molecule has 32 heavy (non-hydrogen) atoms. The maximum atomic E-state index is 13.7. The number of aromatic nitrogens is 2. The Labute approximate surface area is 195 Å². The van der Waals surface area contributed by atoms with Crippen LogP contribution in [0.15, 0.2) is 85.1 Å². The molecule has 5 rings (SSSR count). The highest BCUT2D eigenvalue weighted by Crippen LogP contribution is 2.41. The van der Waals surface area contributed by atoms with Gasteiger partial charge in [-0.05, 0) is 36.4 Å². The van der Waals surface area contributed by atoms with Crippen LogP contribution in [0.3, 0.4) is 0 Å². The fraction of sp³-hybridized carbons (Fsp3) is 0.0417. The maximum absolute atomic E-state index is 13.7. The molecule has 0 aliphatic carbocycles. The largest absolute Gasteiger partial charge is 0.335 e. The van der Waals surface area contributed by atoms with E-state index >= 15 is 0 Å². The molecule has 3 aromatic carbocycles. The molecule has 2 amide bonds. The lowest BCUT2D eigenvalue weighted by molar-refractivity contribution is 0.252. The van der Waals surface area contributed by atoms with E-state index in [0.29, 0.717) is 33.2 Å². The van der Waals surface area contributed by atoms with E-state index in [0.717, 1.165) is 11.3 Å². The summed E-state index contributed by atoms with van der Waals surface area (Å²) in [5.74, 6) is 0.905. The van der Waals surface area contributed by atoms with Crippen molar-refractivity contribution in [3.05, 3.63) is 101 Å². The molecule has 8 heteroatoms. The van der Waals surface area contributed by atoms with Crippen LogP contribution in [0.4, 0.5) is 33.6 Å². The molecular formula is C24H17Cl2N5O. The van der Waals surface area contributed by atoms with Gasteiger partial charge >= 0.3 is 6.03 Å². The van der Waals surface area contributed by atoms with Crippen molar-refractivity contribution in [3.8, 4) is 0 Å². The number of hydrogen-bond donors (Lipinski definition) is 1. The molecule has 0 saturated carbocycles. The second-order valence-electron chi connectivity index (χ2n) is 7.14. The first-order valence-electron chi connectivity index (χ1n) is 9.90. The Kier molecular flexibility index (Phi) is 5.39. The Morgan fingerprint density at radius 3 is 2.19 bits per heavy atom. The quantitative estimate of drug-likeness (QED) is 0.362. The summed E-state index contributed by atoms with van der Waals surface area (Å²) >= 11 is 12.9. The van der Waals surface area contributed by atoms with Gasteiger partial charge in [-0.2, -0.15) is 4.98 Å². The summed E-state index contributed by atoms with van der Waals surface area (Å²) in [6.45, 7) is 0.243. The average Bonchev–Trinajstić information content (AvgIpc) is 2.81. The molecule has 0 unspecified atom stereocenters. The topological polar surface area (TPSA) is 61.4 Å². The summed E-state index contributed by atoms with van der Waals surface area (Å²) in [7, 11) is 0. The minimum absolute atomic E-state index is 0.243. The highest BCUT2D eigenvalue weighted by Gasteiger charge is 2.36. The van der Waals surface area contributed by atoms with Crippen molar-refractivity contribution in [1.29, 1.82) is 0 Å². The number of halogens is 2. The van der Waals surface area contributed by atoms with Crippen molar-refractivity contribution in [2.75, 3.05) is 15.1 Å². The molecule has 1 aromatic heterocycles. The minimum atomic E-state index is -0.303. The standard InChI is InChI=1S/C24H17Cl2N5O/c25-19-12-7-13-20(26)21(19)30-15-16-14-27-23(28-17-8-3-1-4-9-17)29-22(16)31(24(30)32)18-10-5-2-6-11-18/h1-14H,15H2,(H,27,28,29). The Hall–Kier alpha value is -3.61. The number of carbonyl (C=O) groups is 1. The predicted octanol–water partition coefficient (Wildman–Crippen LogP) is 6.81. The zero-order valence-corrected chi connectivity index (χ0v) is 18.3. The van der Waals surface area contributed by atoms with Crippen LogP contribution in [0.25, 0.3) is 0 Å². The lowest BCUT2D eigenvalue weighted by atomic mass is 10.1. The number of nitrogens with zero attached hydrogens (tertiary/aromatic N) is 4. The molecule has 0 fully saturated rings. The summed E-state index contributed by atoms with van der Waals surface area (Å²) in [6, 6.07) is 23.8. The van der Waals surface area contributed by atoms with Gasteiger partial charge in [-0.1, -0.05) is 65.7 Å². The summed E-state index contributed by atoms with van der Waals surface area (Å²) in [5.41, 5.74) is 2.75. The van der Waals surface area contributed by atoms with Crippen molar-refractivity contribution in [3.63, 3.8) is 0 Å². The first-order valence-corrected chi connectivity index (χ1v) is 10.7. The SMILES string of the molecule is O=C1N(c2c(Cl)cccc2Cl)Cc2cnc(Nc3ccccc3)nc2N1c1ccccc1. The molecule has 0 saturated heterocycles. The van der Waals surface area contributed by atoms with Crippen LogP contribution in [0, 0.1) is 0 Å². The van der Waals surface area contributed by atoms with Crippen LogP contribution >= 0.6 is 23.2 Å². The maximum Gasteiger partial charge on any atom is 0.335 e.